The molecule has 1 heterocycles. The molecule has 1 fully saturated rings. The van der Waals surface area contributed by atoms with Crippen LogP contribution in [0.25, 0.3) is 0 Å². The lowest BCUT2D eigenvalue weighted by molar-refractivity contribution is -0.130. The number of hydrogen-bond acceptors (Lipinski definition) is 6. The SMILES string of the molecule is O=C(NNCC1CC1)[C@@]1(Cc2ccc(Br)cc2)N=C(c2ccc(OCCCO)cc2)O[C@H]1c1ccc(Cl)cc1Cl. The molecule has 2 atom stereocenters. The number of amides is 1. The van der Waals surface area contributed by atoms with E-state index in [1.54, 1.807) is 18.2 Å². The molecule has 7 nitrogen and oxygen atoms in total. The molecule has 3 N–H and O–H groups in total. The van der Waals surface area contributed by atoms with Crippen LogP contribution in [0.2, 0.25) is 10.0 Å². The molecule has 10 heteroatoms. The van der Waals surface area contributed by atoms with Crippen LogP contribution in [0.15, 0.2) is 76.2 Å². The Labute approximate surface area is 252 Å². The molecule has 0 unspecified atom stereocenters. The molecule has 0 aromatic heterocycles. The molecular weight excluding hydrogens is 617 g/mol. The molecular formula is C30H30BrCl2N3O4. The van der Waals surface area contributed by atoms with Crippen LogP contribution in [0.4, 0.5) is 0 Å². The van der Waals surface area contributed by atoms with Crippen molar-refractivity contribution in [1.29, 1.82) is 0 Å². The van der Waals surface area contributed by atoms with Gasteiger partial charge in [-0.1, -0.05) is 57.3 Å². The summed E-state index contributed by atoms with van der Waals surface area (Å²) in [6.07, 6.45) is 2.30. The first kappa shape index (κ1) is 28.9. The van der Waals surface area contributed by atoms with E-state index in [4.69, 9.17) is 42.8 Å². The number of rotatable bonds is 12. The van der Waals surface area contributed by atoms with Crippen molar-refractivity contribution in [2.24, 2.45) is 10.9 Å². The van der Waals surface area contributed by atoms with Crippen LogP contribution in [0, 0.1) is 5.92 Å². The standard InChI is InChI=1S/C30H30BrCl2N3O4/c31-22-8-4-19(5-9-22)17-30(29(38)36-34-18-20-2-3-20)27(25-13-10-23(32)16-26(25)33)40-28(35-30)21-6-11-24(12-7-21)39-15-1-14-37/h4-13,16,20,27,34,37H,1-3,14-15,17-18H2,(H,36,38)/t27-,30-/m0/s1. The second kappa shape index (κ2) is 12.9. The van der Waals surface area contributed by atoms with Gasteiger partial charge in [-0.05, 0) is 72.9 Å². The number of aliphatic hydroxyl groups excluding tert-OH is 1. The fraction of sp³-hybridized carbons (Fsp3) is 0.333. The summed E-state index contributed by atoms with van der Waals surface area (Å²) in [6, 6.07) is 20.3. The third-order valence-electron chi connectivity index (χ3n) is 6.95. The summed E-state index contributed by atoms with van der Waals surface area (Å²) in [5, 5.41) is 9.89. The van der Waals surface area contributed by atoms with Gasteiger partial charge in [0.1, 0.15) is 5.75 Å². The number of nitrogens with one attached hydrogen (secondary N) is 2. The number of aliphatic hydroxyl groups is 1. The fourth-order valence-corrected chi connectivity index (χ4v) is 5.36. The van der Waals surface area contributed by atoms with Crippen molar-refractivity contribution in [2.75, 3.05) is 19.8 Å². The van der Waals surface area contributed by atoms with Crippen molar-refractivity contribution in [3.05, 3.63) is 97.9 Å². The number of nitrogens with zero attached hydrogens (tertiary/aromatic N) is 1. The maximum absolute atomic E-state index is 14.1. The Balaban J connectivity index is 1.54. The topological polar surface area (TPSA) is 92.2 Å². The zero-order valence-electron chi connectivity index (χ0n) is 21.7. The lowest BCUT2D eigenvalue weighted by Crippen LogP contribution is -2.54. The van der Waals surface area contributed by atoms with E-state index in [9.17, 15) is 4.79 Å². The minimum Gasteiger partial charge on any atom is -0.494 e. The minimum absolute atomic E-state index is 0.0649. The number of carbonyl (C=O) groups is 1. The molecule has 210 valence electrons. The monoisotopic (exact) mass is 645 g/mol. The largest absolute Gasteiger partial charge is 0.494 e. The minimum atomic E-state index is -1.37. The van der Waals surface area contributed by atoms with Crippen LogP contribution < -0.4 is 15.6 Å². The van der Waals surface area contributed by atoms with Gasteiger partial charge in [0.25, 0.3) is 5.91 Å². The summed E-state index contributed by atoms with van der Waals surface area (Å²) in [5.41, 5.74) is 6.88. The predicted molar refractivity (Wildman–Crippen MR) is 160 cm³/mol. The van der Waals surface area contributed by atoms with Crippen LogP contribution in [-0.4, -0.2) is 42.2 Å². The Hall–Kier alpha value is -2.62. The van der Waals surface area contributed by atoms with E-state index in [-0.39, 0.29) is 18.9 Å². The number of halogens is 3. The highest BCUT2D eigenvalue weighted by Gasteiger charge is 2.54. The summed E-state index contributed by atoms with van der Waals surface area (Å²) in [7, 11) is 0. The van der Waals surface area contributed by atoms with Gasteiger partial charge in [0.2, 0.25) is 5.90 Å². The van der Waals surface area contributed by atoms with Crippen LogP contribution >= 0.6 is 39.1 Å². The Morgan fingerprint density at radius 2 is 1.85 bits per heavy atom. The summed E-state index contributed by atoms with van der Waals surface area (Å²) in [6.45, 7) is 1.17. The van der Waals surface area contributed by atoms with Gasteiger partial charge in [-0.25, -0.2) is 10.4 Å². The Bertz CT molecular complexity index is 1370. The third-order valence-corrected chi connectivity index (χ3v) is 8.04. The van der Waals surface area contributed by atoms with Gasteiger partial charge in [0, 0.05) is 51.6 Å². The maximum atomic E-state index is 14.1. The van der Waals surface area contributed by atoms with Gasteiger partial charge in [-0.3, -0.25) is 10.2 Å². The molecule has 40 heavy (non-hydrogen) atoms. The average molecular weight is 647 g/mol. The molecule has 2 aliphatic rings. The van der Waals surface area contributed by atoms with E-state index in [0.717, 1.165) is 22.9 Å². The van der Waals surface area contributed by atoms with Gasteiger partial charge in [-0.2, -0.15) is 0 Å². The lowest BCUT2D eigenvalue weighted by Gasteiger charge is -2.31. The molecule has 1 saturated carbocycles. The summed E-state index contributed by atoms with van der Waals surface area (Å²) in [5.74, 6) is 1.25. The van der Waals surface area contributed by atoms with Crippen molar-refractivity contribution < 1.29 is 19.4 Å². The number of aliphatic imine (C=N–C) groups is 1. The quantitative estimate of drug-likeness (QED) is 0.165. The molecule has 0 bridgehead atoms. The number of carbonyl (C=O) groups excluding carboxylic acids is 1. The van der Waals surface area contributed by atoms with E-state index < -0.39 is 11.6 Å². The van der Waals surface area contributed by atoms with Crippen molar-refractivity contribution in [3.63, 3.8) is 0 Å². The number of hydrazine groups is 1. The zero-order chi connectivity index (χ0) is 28.1. The summed E-state index contributed by atoms with van der Waals surface area (Å²) >= 11 is 16.4. The summed E-state index contributed by atoms with van der Waals surface area (Å²) < 4.78 is 13.1. The fourth-order valence-electron chi connectivity index (χ4n) is 4.59. The Morgan fingerprint density at radius 1 is 1.10 bits per heavy atom. The van der Waals surface area contributed by atoms with Gasteiger partial charge in [0.05, 0.1) is 6.61 Å². The lowest BCUT2D eigenvalue weighted by atomic mass is 9.82. The summed E-state index contributed by atoms with van der Waals surface area (Å²) in [4.78, 5) is 19.1. The highest BCUT2D eigenvalue weighted by atomic mass is 79.9. The van der Waals surface area contributed by atoms with E-state index in [1.165, 1.54) is 0 Å². The number of ether oxygens (including phenoxy) is 2. The molecule has 3 aromatic carbocycles. The predicted octanol–water partition coefficient (Wildman–Crippen LogP) is 6.05. The molecule has 5 rings (SSSR count). The van der Waals surface area contributed by atoms with Crippen molar-refractivity contribution >= 4 is 50.9 Å². The van der Waals surface area contributed by atoms with Crippen molar-refractivity contribution in [3.8, 4) is 5.75 Å². The molecule has 0 radical (unpaired) electrons. The van der Waals surface area contributed by atoms with Crippen LogP contribution in [0.1, 0.15) is 42.1 Å². The second-order valence-corrected chi connectivity index (χ2v) is 11.8. The maximum Gasteiger partial charge on any atom is 0.266 e. The zero-order valence-corrected chi connectivity index (χ0v) is 24.8. The van der Waals surface area contributed by atoms with Gasteiger partial charge in [-0.15, -0.1) is 0 Å². The third kappa shape index (κ3) is 6.81. The van der Waals surface area contributed by atoms with Gasteiger partial charge < -0.3 is 14.6 Å². The second-order valence-electron chi connectivity index (χ2n) is 10.0. The van der Waals surface area contributed by atoms with Crippen LogP contribution in [0.3, 0.4) is 0 Å². The first-order valence-corrected chi connectivity index (χ1v) is 14.8. The van der Waals surface area contributed by atoms with E-state index in [0.29, 0.717) is 58.3 Å². The van der Waals surface area contributed by atoms with E-state index in [2.05, 4.69) is 26.8 Å². The van der Waals surface area contributed by atoms with E-state index >= 15 is 0 Å². The molecule has 0 saturated heterocycles. The van der Waals surface area contributed by atoms with Crippen LogP contribution in [0.5, 0.6) is 5.75 Å². The molecule has 3 aromatic rings. The molecule has 1 aliphatic carbocycles. The van der Waals surface area contributed by atoms with Gasteiger partial charge in [0.15, 0.2) is 11.6 Å². The highest BCUT2D eigenvalue weighted by molar-refractivity contribution is 9.10. The number of benzene rings is 3. The molecule has 1 aliphatic heterocycles. The molecule has 1 amide bonds. The smallest absolute Gasteiger partial charge is 0.266 e. The van der Waals surface area contributed by atoms with Crippen molar-refractivity contribution in [2.45, 2.75) is 37.3 Å². The Morgan fingerprint density at radius 3 is 2.52 bits per heavy atom. The van der Waals surface area contributed by atoms with E-state index in [1.807, 2.05) is 48.5 Å². The van der Waals surface area contributed by atoms with Crippen molar-refractivity contribution in [1.82, 2.24) is 10.9 Å². The van der Waals surface area contributed by atoms with Gasteiger partial charge >= 0.3 is 0 Å². The first-order valence-electron chi connectivity index (χ1n) is 13.2. The number of hydrogen-bond donors (Lipinski definition) is 3. The Kier molecular flexibility index (Phi) is 9.33. The van der Waals surface area contributed by atoms with Crippen LogP contribution in [-0.2, 0) is 16.0 Å². The highest BCUT2D eigenvalue weighted by Crippen LogP contribution is 2.45. The first-order chi connectivity index (χ1) is 19.4. The average Bonchev–Trinajstić information content (AvgIpc) is 3.70. The normalized spacial score (nSPS) is 20.1. The molecule has 0 spiro atoms.